The smallest absolute Gasteiger partial charge is 0.322 e. The summed E-state index contributed by atoms with van der Waals surface area (Å²) in [7, 11) is 0. The summed E-state index contributed by atoms with van der Waals surface area (Å²) < 4.78 is 5.45. The number of nitrogens with zero attached hydrogens (tertiary/aromatic N) is 4. The number of rotatable bonds is 4. The molecular formula is C13H14N6OS. The van der Waals surface area contributed by atoms with E-state index in [-0.39, 0.29) is 18.1 Å². The minimum absolute atomic E-state index is 0.0316. The summed E-state index contributed by atoms with van der Waals surface area (Å²) >= 11 is 1.28. The van der Waals surface area contributed by atoms with Crippen LogP contribution in [-0.2, 0) is 0 Å². The van der Waals surface area contributed by atoms with E-state index in [0.29, 0.717) is 10.3 Å². The van der Waals surface area contributed by atoms with E-state index in [9.17, 15) is 0 Å². The predicted octanol–water partition coefficient (Wildman–Crippen LogP) is 2.27. The maximum atomic E-state index is 5.68. The molecule has 0 bridgehead atoms. The molecule has 1 aromatic carbocycles. The van der Waals surface area contributed by atoms with Crippen LogP contribution in [0.2, 0.25) is 0 Å². The third kappa shape index (κ3) is 3.22. The highest BCUT2D eigenvalue weighted by Gasteiger charge is 2.11. The second-order valence-corrected chi connectivity index (χ2v) is 5.54. The Kier molecular flexibility index (Phi) is 3.61. The molecule has 0 amide bonds. The highest BCUT2D eigenvalue weighted by atomic mass is 32.2. The normalized spacial score (nSPS) is 11.2. The number of ether oxygens (including phenoxy) is 1. The second kappa shape index (κ2) is 5.57. The Balaban J connectivity index is 1.88. The molecule has 7 nitrogen and oxygen atoms in total. The van der Waals surface area contributed by atoms with Crippen molar-refractivity contribution < 1.29 is 4.74 Å². The lowest BCUT2D eigenvalue weighted by atomic mass is 10.3. The first-order valence-electron chi connectivity index (χ1n) is 6.41. The molecule has 21 heavy (non-hydrogen) atoms. The van der Waals surface area contributed by atoms with Crippen molar-refractivity contribution in [2.24, 2.45) is 0 Å². The first kappa shape index (κ1) is 13.6. The zero-order valence-corrected chi connectivity index (χ0v) is 12.4. The van der Waals surface area contributed by atoms with Gasteiger partial charge in [0.15, 0.2) is 5.16 Å². The Hall–Kier alpha value is -2.35. The Morgan fingerprint density at radius 1 is 1.14 bits per heavy atom. The molecule has 8 heteroatoms. The molecule has 108 valence electrons. The zero-order chi connectivity index (χ0) is 14.8. The molecule has 0 unspecified atom stereocenters. The Morgan fingerprint density at radius 2 is 1.95 bits per heavy atom. The van der Waals surface area contributed by atoms with Crippen LogP contribution in [0, 0.1) is 0 Å². The number of nitrogens with one attached hydrogen (secondary N) is 1. The van der Waals surface area contributed by atoms with Crippen LogP contribution in [0.15, 0.2) is 34.6 Å². The fourth-order valence-corrected chi connectivity index (χ4v) is 2.47. The summed E-state index contributed by atoms with van der Waals surface area (Å²) in [5.41, 5.74) is 7.53. The molecule has 3 aromatic rings. The van der Waals surface area contributed by atoms with Crippen LogP contribution in [0.1, 0.15) is 13.8 Å². The molecule has 0 atom stereocenters. The third-order valence-electron chi connectivity index (χ3n) is 2.51. The highest BCUT2D eigenvalue weighted by Crippen LogP contribution is 2.25. The van der Waals surface area contributed by atoms with Gasteiger partial charge in [-0.1, -0.05) is 12.1 Å². The van der Waals surface area contributed by atoms with E-state index in [2.05, 4.69) is 24.9 Å². The van der Waals surface area contributed by atoms with Crippen molar-refractivity contribution >= 4 is 28.7 Å². The van der Waals surface area contributed by atoms with Gasteiger partial charge >= 0.3 is 6.01 Å². The monoisotopic (exact) mass is 302 g/mol. The van der Waals surface area contributed by atoms with Crippen molar-refractivity contribution in [3.63, 3.8) is 0 Å². The van der Waals surface area contributed by atoms with Crippen LogP contribution in [0.25, 0.3) is 11.0 Å². The number of fused-ring (bicyclic) bond motifs is 1. The average molecular weight is 302 g/mol. The van der Waals surface area contributed by atoms with Crippen LogP contribution in [0.5, 0.6) is 6.01 Å². The van der Waals surface area contributed by atoms with E-state index < -0.39 is 0 Å². The van der Waals surface area contributed by atoms with E-state index in [1.54, 1.807) is 0 Å². The van der Waals surface area contributed by atoms with Gasteiger partial charge in [-0.05, 0) is 37.7 Å². The number of para-hydroxylation sites is 2. The summed E-state index contributed by atoms with van der Waals surface area (Å²) in [5.74, 6) is 0.124. The van der Waals surface area contributed by atoms with Crippen molar-refractivity contribution in [3.8, 4) is 6.01 Å². The molecule has 0 aliphatic carbocycles. The minimum Gasteiger partial charge on any atom is -0.461 e. The van der Waals surface area contributed by atoms with E-state index in [4.69, 9.17) is 10.5 Å². The molecule has 0 saturated heterocycles. The number of benzene rings is 1. The number of hydrogen-bond acceptors (Lipinski definition) is 7. The van der Waals surface area contributed by atoms with Gasteiger partial charge in [0.1, 0.15) is 0 Å². The topological polar surface area (TPSA) is 103 Å². The first-order valence-corrected chi connectivity index (χ1v) is 7.22. The number of nitrogen functional groups attached to an aromatic ring is 1. The highest BCUT2D eigenvalue weighted by molar-refractivity contribution is 7.99. The van der Waals surface area contributed by atoms with Gasteiger partial charge < -0.3 is 15.5 Å². The van der Waals surface area contributed by atoms with Crippen LogP contribution in [0.4, 0.5) is 5.95 Å². The lowest BCUT2D eigenvalue weighted by molar-refractivity contribution is 0.219. The second-order valence-electron chi connectivity index (χ2n) is 4.59. The standard InChI is InChI=1S/C13H14N6OS/c1-7(2)20-11-17-10(14)18-13(19-11)21-12-15-8-5-3-4-6-9(8)16-12/h3-7H,1-2H3,(H,15,16)(H2,14,17,18,19). The third-order valence-corrected chi connectivity index (χ3v) is 3.26. The molecular weight excluding hydrogens is 288 g/mol. The fourth-order valence-electron chi connectivity index (χ4n) is 1.73. The van der Waals surface area contributed by atoms with Gasteiger partial charge in [-0.2, -0.15) is 15.0 Å². The number of aromatic nitrogens is 5. The molecule has 0 radical (unpaired) electrons. The number of hydrogen-bond donors (Lipinski definition) is 2. The molecule has 3 rings (SSSR count). The maximum Gasteiger partial charge on any atom is 0.322 e. The van der Waals surface area contributed by atoms with Gasteiger partial charge in [0.25, 0.3) is 0 Å². The van der Waals surface area contributed by atoms with Crippen molar-refractivity contribution in [1.29, 1.82) is 0 Å². The Labute approximate surface area is 125 Å². The number of nitrogens with two attached hydrogens (primary N) is 1. The van der Waals surface area contributed by atoms with Gasteiger partial charge in [0.2, 0.25) is 11.1 Å². The maximum absolute atomic E-state index is 5.68. The van der Waals surface area contributed by atoms with Gasteiger partial charge in [0.05, 0.1) is 17.1 Å². The van der Waals surface area contributed by atoms with E-state index in [0.717, 1.165) is 11.0 Å². The SMILES string of the molecule is CC(C)Oc1nc(N)nc(Sc2nc3ccccc3[nH]2)n1. The van der Waals surface area contributed by atoms with E-state index in [1.165, 1.54) is 11.8 Å². The zero-order valence-electron chi connectivity index (χ0n) is 11.6. The fraction of sp³-hybridized carbons (Fsp3) is 0.231. The molecule has 2 aromatic heterocycles. The number of aromatic amines is 1. The van der Waals surface area contributed by atoms with Crippen molar-refractivity contribution in [1.82, 2.24) is 24.9 Å². The number of imidazole rings is 1. The quantitative estimate of drug-likeness (QED) is 0.762. The van der Waals surface area contributed by atoms with Crippen LogP contribution < -0.4 is 10.5 Å². The number of H-pyrrole nitrogens is 1. The molecule has 0 aliphatic heterocycles. The van der Waals surface area contributed by atoms with Gasteiger partial charge in [-0.3, -0.25) is 0 Å². The van der Waals surface area contributed by atoms with Gasteiger partial charge in [-0.25, -0.2) is 4.98 Å². The molecule has 0 aliphatic rings. The Morgan fingerprint density at radius 3 is 2.71 bits per heavy atom. The lowest BCUT2D eigenvalue weighted by Gasteiger charge is -2.08. The van der Waals surface area contributed by atoms with Crippen molar-refractivity contribution in [3.05, 3.63) is 24.3 Å². The van der Waals surface area contributed by atoms with Crippen LogP contribution in [0.3, 0.4) is 0 Å². The first-order chi connectivity index (χ1) is 10.1. The summed E-state index contributed by atoms with van der Waals surface area (Å²) in [6.07, 6.45) is -0.0316. The average Bonchev–Trinajstić information content (AvgIpc) is 2.78. The summed E-state index contributed by atoms with van der Waals surface area (Å²) in [6, 6.07) is 8.00. The van der Waals surface area contributed by atoms with Crippen LogP contribution in [-0.4, -0.2) is 31.0 Å². The number of anilines is 1. The molecule has 0 saturated carbocycles. The lowest BCUT2D eigenvalue weighted by Crippen LogP contribution is -2.10. The summed E-state index contributed by atoms with van der Waals surface area (Å²) in [6.45, 7) is 3.79. The molecule has 0 fully saturated rings. The largest absolute Gasteiger partial charge is 0.461 e. The summed E-state index contributed by atoms with van der Waals surface area (Å²) in [5, 5.41) is 1.13. The van der Waals surface area contributed by atoms with Crippen molar-refractivity contribution in [2.75, 3.05) is 5.73 Å². The van der Waals surface area contributed by atoms with Crippen molar-refractivity contribution in [2.45, 2.75) is 30.3 Å². The molecule has 2 heterocycles. The summed E-state index contributed by atoms with van der Waals surface area (Å²) in [4.78, 5) is 19.9. The van der Waals surface area contributed by atoms with Gasteiger partial charge in [-0.15, -0.1) is 0 Å². The predicted molar refractivity (Wildman–Crippen MR) is 80.2 cm³/mol. The van der Waals surface area contributed by atoms with Gasteiger partial charge in [0, 0.05) is 0 Å². The van der Waals surface area contributed by atoms with Crippen LogP contribution >= 0.6 is 11.8 Å². The Bertz CT molecular complexity index is 739. The minimum atomic E-state index is -0.0316. The van der Waals surface area contributed by atoms with E-state index in [1.807, 2.05) is 38.1 Å². The van der Waals surface area contributed by atoms with E-state index >= 15 is 0 Å². The molecule has 0 spiro atoms. The molecule has 3 N–H and O–H groups in total.